The quantitative estimate of drug-likeness (QED) is 0.484. The van der Waals surface area contributed by atoms with Crippen molar-refractivity contribution in [1.29, 1.82) is 0 Å². The molecule has 29 heavy (non-hydrogen) atoms. The van der Waals surface area contributed by atoms with E-state index < -0.39 is 0 Å². The minimum Gasteiger partial charge on any atom is -0.385 e. The lowest BCUT2D eigenvalue weighted by Crippen LogP contribution is -2.26. The highest BCUT2D eigenvalue weighted by Crippen LogP contribution is 2.15. The Balaban J connectivity index is 1.48. The Morgan fingerprint density at radius 2 is 1.48 bits per heavy atom. The van der Waals surface area contributed by atoms with Gasteiger partial charge in [0, 0.05) is 34.8 Å². The maximum absolute atomic E-state index is 12.4. The number of anilines is 1. The first-order valence-corrected chi connectivity index (χ1v) is 9.89. The van der Waals surface area contributed by atoms with E-state index in [1.165, 1.54) is 0 Å². The smallest absolute Gasteiger partial charge is 0.251 e. The number of halogens is 1. The van der Waals surface area contributed by atoms with Crippen molar-refractivity contribution >= 4 is 29.0 Å². The Bertz CT molecular complexity index is 954. The molecule has 0 aromatic heterocycles. The molecule has 0 unspecified atom stereocenters. The number of hydrogen-bond donors (Lipinski definition) is 2. The van der Waals surface area contributed by atoms with Gasteiger partial charge in [0.15, 0.2) is 5.78 Å². The summed E-state index contributed by atoms with van der Waals surface area (Å²) in [6.07, 6.45) is 0.373. The molecule has 0 fully saturated rings. The van der Waals surface area contributed by atoms with Gasteiger partial charge in [-0.2, -0.15) is 0 Å². The fraction of sp³-hybridized carbons (Fsp3) is 0.167. The standard InChI is InChI=1S/C24H23ClN2O2/c1-17(18-5-3-2-4-6-18)27-24(29)20-9-13-22(14-10-20)26-16-15-23(28)19-7-11-21(25)12-8-19/h2-14,17,26H,15-16H2,1H3,(H,27,29)/t17-/m0/s1. The molecule has 0 radical (unpaired) electrons. The maximum atomic E-state index is 12.4. The van der Waals surface area contributed by atoms with E-state index in [0.29, 0.717) is 29.1 Å². The molecular weight excluding hydrogens is 384 g/mol. The van der Waals surface area contributed by atoms with Crippen molar-refractivity contribution in [2.24, 2.45) is 0 Å². The highest BCUT2D eigenvalue weighted by molar-refractivity contribution is 6.30. The van der Waals surface area contributed by atoms with Crippen LogP contribution in [0.15, 0.2) is 78.9 Å². The SMILES string of the molecule is C[C@H](NC(=O)c1ccc(NCCC(=O)c2ccc(Cl)cc2)cc1)c1ccccc1. The number of amides is 1. The van der Waals surface area contributed by atoms with Gasteiger partial charge in [-0.3, -0.25) is 9.59 Å². The number of hydrogen-bond acceptors (Lipinski definition) is 3. The Labute approximate surface area is 175 Å². The van der Waals surface area contributed by atoms with Crippen LogP contribution in [0.1, 0.15) is 45.7 Å². The molecule has 3 aromatic carbocycles. The summed E-state index contributed by atoms with van der Waals surface area (Å²) < 4.78 is 0. The molecule has 0 spiro atoms. The van der Waals surface area contributed by atoms with E-state index in [1.807, 2.05) is 49.4 Å². The van der Waals surface area contributed by atoms with E-state index in [4.69, 9.17) is 11.6 Å². The summed E-state index contributed by atoms with van der Waals surface area (Å²) >= 11 is 5.84. The molecule has 0 aliphatic rings. The van der Waals surface area contributed by atoms with Crippen molar-refractivity contribution in [3.63, 3.8) is 0 Å². The minimum atomic E-state index is -0.120. The van der Waals surface area contributed by atoms with Gasteiger partial charge in [-0.05, 0) is 61.0 Å². The first-order chi connectivity index (χ1) is 14.0. The molecule has 3 aromatic rings. The van der Waals surface area contributed by atoms with Crippen LogP contribution < -0.4 is 10.6 Å². The Morgan fingerprint density at radius 1 is 0.862 bits per heavy atom. The van der Waals surface area contributed by atoms with Gasteiger partial charge in [0.1, 0.15) is 0 Å². The van der Waals surface area contributed by atoms with Crippen LogP contribution in [0.2, 0.25) is 5.02 Å². The van der Waals surface area contributed by atoms with E-state index in [-0.39, 0.29) is 17.7 Å². The third-order valence-corrected chi connectivity index (χ3v) is 4.89. The van der Waals surface area contributed by atoms with Crippen LogP contribution >= 0.6 is 11.6 Å². The van der Waals surface area contributed by atoms with E-state index in [2.05, 4.69) is 10.6 Å². The van der Waals surface area contributed by atoms with Gasteiger partial charge in [-0.15, -0.1) is 0 Å². The second-order valence-corrected chi connectivity index (χ2v) is 7.23. The van der Waals surface area contributed by atoms with E-state index in [1.54, 1.807) is 36.4 Å². The Kier molecular flexibility index (Phi) is 7.04. The van der Waals surface area contributed by atoms with Gasteiger partial charge in [0.2, 0.25) is 0 Å². The predicted octanol–water partition coefficient (Wildman–Crippen LogP) is 5.52. The summed E-state index contributed by atoms with van der Waals surface area (Å²) in [5, 5.41) is 6.82. The molecule has 2 N–H and O–H groups in total. The first-order valence-electron chi connectivity index (χ1n) is 9.51. The summed E-state index contributed by atoms with van der Waals surface area (Å²) in [6.45, 7) is 2.47. The lowest BCUT2D eigenvalue weighted by atomic mass is 10.1. The van der Waals surface area contributed by atoms with Crippen LogP contribution in [-0.2, 0) is 0 Å². The van der Waals surface area contributed by atoms with E-state index in [9.17, 15) is 9.59 Å². The second-order valence-electron chi connectivity index (χ2n) is 6.79. The molecule has 0 bridgehead atoms. The lowest BCUT2D eigenvalue weighted by Gasteiger charge is -2.14. The fourth-order valence-electron chi connectivity index (χ4n) is 2.94. The van der Waals surface area contributed by atoms with E-state index in [0.717, 1.165) is 11.3 Å². The average molecular weight is 407 g/mol. The number of Topliss-reactive ketones (excluding diaryl/α,β-unsaturated/α-hetero) is 1. The minimum absolute atomic E-state index is 0.0556. The van der Waals surface area contributed by atoms with E-state index >= 15 is 0 Å². The fourth-order valence-corrected chi connectivity index (χ4v) is 3.07. The number of carbonyl (C=O) groups excluding carboxylic acids is 2. The molecule has 0 aliphatic carbocycles. The van der Waals surface area contributed by atoms with Gasteiger partial charge in [0.25, 0.3) is 5.91 Å². The monoisotopic (exact) mass is 406 g/mol. The maximum Gasteiger partial charge on any atom is 0.251 e. The highest BCUT2D eigenvalue weighted by Gasteiger charge is 2.11. The third kappa shape index (κ3) is 5.93. The van der Waals surface area contributed by atoms with Crippen LogP contribution in [-0.4, -0.2) is 18.2 Å². The van der Waals surface area contributed by atoms with Crippen molar-refractivity contribution in [2.45, 2.75) is 19.4 Å². The highest BCUT2D eigenvalue weighted by atomic mass is 35.5. The number of benzene rings is 3. The zero-order chi connectivity index (χ0) is 20.6. The summed E-state index contributed by atoms with van der Waals surface area (Å²) in [6, 6.07) is 23.9. The van der Waals surface area contributed by atoms with Crippen molar-refractivity contribution in [3.8, 4) is 0 Å². The molecule has 148 valence electrons. The zero-order valence-electron chi connectivity index (χ0n) is 16.2. The Morgan fingerprint density at radius 3 is 2.14 bits per heavy atom. The first kappa shape index (κ1) is 20.6. The molecule has 3 rings (SSSR count). The molecular formula is C24H23ClN2O2. The van der Waals surface area contributed by atoms with Crippen molar-refractivity contribution in [2.75, 3.05) is 11.9 Å². The van der Waals surface area contributed by atoms with Gasteiger partial charge < -0.3 is 10.6 Å². The lowest BCUT2D eigenvalue weighted by molar-refractivity contribution is 0.0938. The summed E-state index contributed by atoms with van der Waals surface area (Å²) in [5.41, 5.74) is 3.16. The van der Waals surface area contributed by atoms with Gasteiger partial charge in [-0.1, -0.05) is 41.9 Å². The van der Waals surface area contributed by atoms with Crippen LogP contribution in [0.25, 0.3) is 0 Å². The van der Waals surface area contributed by atoms with Crippen LogP contribution in [0.5, 0.6) is 0 Å². The zero-order valence-corrected chi connectivity index (χ0v) is 16.9. The molecule has 0 heterocycles. The van der Waals surface area contributed by atoms with Gasteiger partial charge in [0.05, 0.1) is 6.04 Å². The average Bonchev–Trinajstić information content (AvgIpc) is 2.75. The van der Waals surface area contributed by atoms with Crippen LogP contribution in [0.4, 0.5) is 5.69 Å². The summed E-state index contributed by atoms with van der Waals surface area (Å²) in [7, 11) is 0. The summed E-state index contributed by atoms with van der Waals surface area (Å²) in [5.74, 6) is -0.0640. The summed E-state index contributed by atoms with van der Waals surface area (Å²) in [4.78, 5) is 24.6. The third-order valence-electron chi connectivity index (χ3n) is 4.64. The Hall–Kier alpha value is -3.11. The predicted molar refractivity (Wildman–Crippen MR) is 118 cm³/mol. The number of ketones is 1. The number of carbonyl (C=O) groups is 2. The number of rotatable bonds is 8. The topological polar surface area (TPSA) is 58.2 Å². The van der Waals surface area contributed by atoms with Crippen molar-refractivity contribution in [1.82, 2.24) is 5.32 Å². The molecule has 1 amide bonds. The normalized spacial score (nSPS) is 11.5. The number of nitrogens with one attached hydrogen (secondary N) is 2. The van der Waals surface area contributed by atoms with Crippen LogP contribution in [0.3, 0.4) is 0 Å². The molecule has 0 saturated heterocycles. The van der Waals surface area contributed by atoms with Crippen LogP contribution in [0, 0.1) is 0 Å². The largest absolute Gasteiger partial charge is 0.385 e. The van der Waals surface area contributed by atoms with Gasteiger partial charge in [-0.25, -0.2) is 0 Å². The molecule has 4 nitrogen and oxygen atoms in total. The molecule has 5 heteroatoms. The van der Waals surface area contributed by atoms with Crippen molar-refractivity contribution < 1.29 is 9.59 Å². The van der Waals surface area contributed by atoms with Gasteiger partial charge >= 0.3 is 0 Å². The molecule has 1 atom stereocenters. The second kappa shape index (κ2) is 9.89. The molecule has 0 saturated carbocycles. The molecule has 0 aliphatic heterocycles. The van der Waals surface area contributed by atoms with Crippen molar-refractivity contribution in [3.05, 3.63) is 101 Å².